The van der Waals surface area contributed by atoms with Gasteiger partial charge in [0.2, 0.25) is 5.91 Å². The first-order valence-corrected chi connectivity index (χ1v) is 5.38. The van der Waals surface area contributed by atoms with Crippen molar-refractivity contribution in [2.45, 2.75) is 12.8 Å². The number of nitrogens with zero attached hydrogens (tertiary/aromatic N) is 2. The van der Waals surface area contributed by atoms with E-state index in [0.717, 1.165) is 19.4 Å². The maximum absolute atomic E-state index is 11.9. The van der Waals surface area contributed by atoms with Crippen LogP contribution in [0.3, 0.4) is 0 Å². The number of rotatable bonds is 4. The second kappa shape index (κ2) is 6.05. The number of likely N-dealkylation sites (N-methyl/N-ethyl adjacent to an activating group) is 1. The Bertz CT molecular complexity index is 211. The average Bonchev–Trinajstić information content (AvgIpc) is 2.24. The highest BCUT2D eigenvalue weighted by Crippen LogP contribution is 2.15. The molecule has 0 radical (unpaired) electrons. The first-order chi connectivity index (χ1) is 7.15. The van der Waals surface area contributed by atoms with Crippen molar-refractivity contribution in [1.82, 2.24) is 9.91 Å². The number of hydrazine groups is 1. The smallest absolute Gasteiger partial charge is 0.226 e. The normalized spacial score (nSPS) is 22.7. The van der Waals surface area contributed by atoms with Crippen LogP contribution in [0.5, 0.6) is 0 Å². The summed E-state index contributed by atoms with van der Waals surface area (Å²) in [7, 11) is 3.46. The number of hydrogen-bond donors (Lipinski definition) is 1. The third kappa shape index (κ3) is 3.77. The molecule has 1 heterocycles. The van der Waals surface area contributed by atoms with E-state index in [0.29, 0.717) is 19.7 Å². The van der Waals surface area contributed by atoms with Crippen LogP contribution < -0.4 is 5.84 Å². The van der Waals surface area contributed by atoms with E-state index in [-0.39, 0.29) is 11.8 Å². The van der Waals surface area contributed by atoms with Crippen LogP contribution in [0, 0.1) is 5.92 Å². The fourth-order valence-corrected chi connectivity index (χ4v) is 1.86. The topological polar surface area (TPSA) is 58.8 Å². The Morgan fingerprint density at radius 3 is 3.00 bits per heavy atom. The van der Waals surface area contributed by atoms with Crippen LogP contribution >= 0.6 is 0 Å². The van der Waals surface area contributed by atoms with E-state index < -0.39 is 0 Å². The van der Waals surface area contributed by atoms with Crippen molar-refractivity contribution in [1.29, 1.82) is 0 Å². The van der Waals surface area contributed by atoms with Crippen molar-refractivity contribution in [2.24, 2.45) is 11.8 Å². The summed E-state index contributed by atoms with van der Waals surface area (Å²) in [5.41, 5.74) is 0. The quantitative estimate of drug-likeness (QED) is 0.653. The van der Waals surface area contributed by atoms with Crippen LogP contribution in [0.1, 0.15) is 12.8 Å². The lowest BCUT2D eigenvalue weighted by atomic mass is 9.98. The molecule has 15 heavy (non-hydrogen) atoms. The molecule has 0 saturated carbocycles. The SMILES string of the molecule is COCCN(C)C(=O)[C@H]1CCCN(N)C1. The number of carbonyl (C=O) groups excluding carboxylic acids is 1. The average molecular weight is 215 g/mol. The van der Waals surface area contributed by atoms with Gasteiger partial charge in [-0.25, -0.2) is 5.01 Å². The Morgan fingerprint density at radius 1 is 1.67 bits per heavy atom. The highest BCUT2D eigenvalue weighted by Gasteiger charge is 2.26. The van der Waals surface area contributed by atoms with Crippen molar-refractivity contribution in [3.05, 3.63) is 0 Å². The summed E-state index contributed by atoms with van der Waals surface area (Å²) in [6, 6.07) is 0. The second-order valence-corrected chi connectivity index (χ2v) is 4.09. The number of hydrogen-bond acceptors (Lipinski definition) is 4. The van der Waals surface area contributed by atoms with Gasteiger partial charge in [0, 0.05) is 33.8 Å². The van der Waals surface area contributed by atoms with E-state index in [4.69, 9.17) is 10.6 Å². The summed E-state index contributed by atoms with van der Waals surface area (Å²) < 4.78 is 4.94. The molecule has 2 N–H and O–H groups in total. The van der Waals surface area contributed by atoms with E-state index in [2.05, 4.69) is 0 Å². The Morgan fingerprint density at radius 2 is 2.40 bits per heavy atom. The van der Waals surface area contributed by atoms with Gasteiger partial charge in [-0.3, -0.25) is 10.6 Å². The minimum atomic E-state index is 0.0607. The van der Waals surface area contributed by atoms with Crippen LogP contribution in [0.25, 0.3) is 0 Å². The van der Waals surface area contributed by atoms with E-state index >= 15 is 0 Å². The molecule has 1 amide bonds. The predicted molar refractivity (Wildman–Crippen MR) is 58.0 cm³/mol. The van der Waals surface area contributed by atoms with Crippen molar-refractivity contribution in [3.63, 3.8) is 0 Å². The maximum atomic E-state index is 11.9. The third-order valence-electron chi connectivity index (χ3n) is 2.81. The van der Waals surface area contributed by atoms with Crippen molar-refractivity contribution < 1.29 is 9.53 Å². The summed E-state index contributed by atoms with van der Waals surface area (Å²) in [6.07, 6.45) is 1.95. The molecular weight excluding hydrogens is 194 g/mol. The molecule has 1 rings (SSSR count). The summed E-state index contributed by atoms with van der Waals surface area (Å²) in [4.78, 5) is 13.7. The second-order valence-electron chi connectivity index (χ2n) is 4.09. The van der Waals surface area contributed by atoms with E-state index in [1.165, 1.54) is 0 Å². The lowest BCUT2D eigenvalue weighted by Crippen LogP contribution is -2.46. The Hall–Kier alpha value is -0.650. The molecule has 1 aliphatic heterocycles. The number of ether oxygens (including phenoxy) is 1. The lowest BCUT2D eigenvalue weighted by molar-refractivity contribution is -0.136. The van der Waals surface area contributed by atoms with Gasteiger partial charge in [-0.1, -0.05) is 0 Å². The number of nitrogens with two attached hydrogens (primary N) is 1. The van der Waals surface area contributed by atoms with Gasteiger partial charge in [0.25, 0.3) is 0 Å². The Balaban J connectivity index is 2.37. The van der Waals surface area contributed by atoms with Gasteiger partial charge in [0.05, 0.1) is 12.5 Å². The van der Waals surface area contributed by atoms with Crippen LogP contribution in [0.4, 0.5) is 0 Å². The highest BCUT2D eigenvalue weighted by atomic mass is 16.5. The fraction of sp³-hybridized carbons (Fsp3) is 0.900. The molecule has 5 nitrogen and oxygen atoms in total. The first-order valence-electron chi connectivity index (χ1n) is 5.38. The minimum Gasteiger partial charge on any atom is -0.383 e. The van der Waals surface area contributed by atoms with Crippen molar-refractivity contribution in [3.8, 4) is 0 Å². The highest BCUT2D eigenvalue weighted by molar-refractivity contribution is 5.78. The van der Waals surface area contributed by atoms with Crippen molar-refractivity contribution >= 4 is 5.91 Å². The van der Waals surface area contributed by atoms with Gasteiger partial charge in [0.1, 0.15) is 0 Å². The maximum Gasteiger partial charge on any atom is 0.226 e. The summed E-state index contributed by atoms with van der Waals surface area (Å²) in [5.74, 6) is 5.94. The number of carbonyl (C=O) groups is 1. The van der Waals surface area contributed by atoms with Crippen LogP contribution in [-0.2, 0) is 9.53 Å². The van der Waals surface area contributed by atoms with E-state index in [1.807, 2.05) is 7.05 Å². The molecule has 0 spiro atoms. The lowest BCUT2D eigenvalue weighted by Gasteiger charge is -2.31. The summed E-state index contributed by atoms with van der Waals surface area (Å²) in [6.45, 7) is 2.80. The molecule has 1 atom stereocenters. The van der Waals surface area contributed by atoms with E-state index in [9.17, 15) is 4.79 Å². The van der Waals surface area contributed by atoms with Gasteiger partial charge in [-0.15, -0.1) is 0 Å². The van der Waals surface area contributed by atoms with Gasteiger partial charge >= 0.3 is 0 Å². The largest absolute Gasteiger partial charge is 0.383 e. The fourth-order valence-electron chi connectivity index (χ4n) is 1.86. The molecule has 88 valence electrons. The molecule has 0 aromatic rings. The molecule has 0 aromatic carbocycles. The molecule has 1 saturated heterocycles. The molecular formula is C10H21N3O2. The number of amides is 1. The number of piperidine rings is 1. The van der Waals surface area contributed by atoms with Crippen LogP contribution in [0.2, 0.25) is 0 Å². The Labute approximate surface area is 91.1 Å². The third-order valence-corrected chi connectivity index (χ3v) is 2.81. The molecule has 1 aliphatic rings. The molecule has 1 fully saturated rings. The zero-order valence-electron chi connectivity index (χ0n) is 9.61. The zero-order valence-corrected chi connectivity index (χ0v) is 9.61. The standard InChI is InChI=1S/C10H21N3O2/c1-12(6-7-15-2)10(14)9-4-3-5-13(11)8-9/h9H,3-8,11H2,1-2H3/t9-/m0/s1. The van der Waals surface area contributed by atoms with Crippen LogP contribution in [0.15, 0.2) is 0 Å². The van der Waals surface area contributed by atoms with E-state index in [1.54, 1.807) is 17.0 Å². The van der Waals surface area contributed by atoms with Gasteiger partial charge in [0.15, 0.2) is 0 Å². The van der Waals surface area contributed by atoms with Crippen LogP contribution in [-0.4, -0.2) is 56.2 Å². The molecule has 5 heteroatoms. The van der Waals surface area contributed by atoms with Gasteiger partial charge in [-0.2, -0.15) is 0 Å². The summed E-state index contributed by atoms with van der Waals surface area (Å²) in [5, 5.41) is 1.73. The summed E-state index contributed by atoms with van der Waals surface area (Å²) >= 11 is 0. The minimum absolute atomic E-state index is 0.0607. The molecule has 0 bridgehead atoms. The van der Waals surface area contributed by atoms with Gasteiger partial charge in [-0.05, 0) is 12.8 Å². The zero-order chi connectivity index (χ0) is 11.3. The number of methoxy groups -OCH3 is 1. The molecule has 0 aromatic heterocycles. The monoisotopic (exact) mass is 215 g/mol. The predicted octanol–water partition coefficient (Wildman–Crippen LogP) is -0.323. The first kappa shape index (κ1) is 12.4. The van der Waals surface area contributed by atoms with Crippen molar-refractivity contribution in [2.75, 3.05) is 40.4 Å². The Kier molecular flexibility index (Phi) is 5.01. The van der Waals surface area contributed by atoms with Gasteiger partial charge < -0.3 is 9.64 Å². The molecule has 0 aliphatic carbocycles. The molecule has 0 unspecified atom stereocenters.